The number of hydrogen-bond donors (Lipinski definition) is 0. The number of carbonyl (C=O) groups excluding carboxylic acids is 1. The third kappa shape index (κ3) is 3.31. The Labute approximate surface area is 138 Å². The average molecular weight is 319 g/mol. The molecule has 0 amide bonds. The summed E-state index contributed by atoms with van der Waals surface area (Å²) in [5.41, 5.74) is 1.47. The molecule has 1 heterocycles. The van der Waals surface area contributed by atoms with E-state index >= 15 is 0 Å². The van der Waals surface area contributed by atoms with Crippen LogP contribution in [0, 0.1) is 11.3 Å². The summed E-state index contributed by atoms with van der Waals surface area (Å²) in [6, 6.07) is 17.6. The Morgan fingerprint density at radius 1 is 1.17 bits per heavy atom. The van der Waals surface area contributed by atoms with E-state index in [0.717, 1.165) is 5.56 Å². The fourth-order valence-corrected chi connectivity index (χ4v) is 2.09. The molecule has 2 aromatic carbocycles. The number of rotatable bonds is 4. The van der Waals surface area contributed by atoms with E-state index in [0.29, 0.717) is 17.0 Å². The molecule has 0 N–H and O–H groups in total. The van der Waals surface area contributed by atoms with E-state index < -0.39 is 12.1 Å². The van der Waals surface area contributed by atoms with Gasteiger partial charge in [0.05, 0.1) is 17.2 Å². The minimum atomic E-state index is -0.701. The zero-order chi connectivity index (χ0) is 16.9. The molecule has 0 unspecified atom stereocenters. The molecule has 0 spiro atoms. The standard InChI is InChI=1S/C18H13N3O3/c1-12(23-18(22)15-9-5-6-13(10-15)11-19)16-20-21-17(24-16)14-7-3-2-4-8-14/h2-10,12H,1H3/t12-/m1/s1. The van der Waals surface area contributed by atoms with E-state index in [1.165, 1.54) is 6.07 Å². The summed E-state index contributed by atoms with van der Waals surface area (Å²) in [7, 11) is 0. The molecule has 3 rings (SSSR count). The number of hydrogen-bond acceptors (Lipinski definition) is 6. The van der Waals surface area contributed by atoms with Crippen LogP contribution in [0.4, 0.5) is 0 Å². The number of benzene rings is 2. The number of nitriles is 1. The molecular formula is C18H13N3O3. The summed E-state index contributed by atoms with van der Waals surface area (Å²) in [5, 5.41) is 16.8. The summed E-state index contributed by atoms with van der Waals surface area (Å²) in [5.74, 6) is 0.0117. The normalized spacial score (nSPS) is 11.5. The minimum Gasteiger partial charge on any atom is -0.449 e. The van der Waals surface area contributed by atoms with E-state index in [9.17, 15) is 4.79 Å². The van der Waals surface area contributed by atoms with E-state index in [1.54, 1.807) is 25.1 Å². The molecule has 6 nitrogen and oxygen atoms in total. The second-order valence-corrected chi connectivity index (χ2v) is 5.05. The smallest absolute Gasteiger partial charge is 0.338 e. The topological polar surface area (TPSA) is 89.0 Å². The first kappa shape index (κ1) is 15.4. The van der Waals surface area contributed by atoms with Crippen molar-refractivity contribution in [2.45, 2.75) is 13.0 Å². The van der Waals surface area contributed by atoms with Crippen molar-refractivity contribution >= 4 is 5.97 Å². The fraction of sp³-hybridized carbons (Fsp3) is 0.111. The lowest BCUT2D eigenvalue weighted by Crippen LogP contribution is -2.09. The molecule has 0 fully saturated rings. The Morgan fingerprint density at radius 3 is 2.71 bits per heavy atom. The molecular weight excluding hydrogens is 306 g/mol. The van der Waals surface area contributed by atoms with Crippen molar-refractivity contribution < 1.29 is 13.9 Å². The van der Waals surface area contributed by atoms with Gasteiger partial charge < -0.3 is 9.15 Å². The molecule has 0 radical (unpaired) electrons. The summed E-state index contributed by atoms with van der Waals surface area (Å²) in [6.07, 6.45) is -0.701. The Bertz CT molecular complexity index is 897. The second-order valence-electron chi connectivity index (χ2n) is 5.05. The van der Waals surface area contributed by atoms with Crippen LogP contribution >= 0.6 is 0 Å². The van der Waals surface area contributed by atoms with Crippen molar-refractivity contribution in [3.8, 4) is 17.5 Å². The van der Waals surface area contributed by atoms with Gasteiger partial charge in [-0.05, 0) is 37.3 Å². The molecule has 118 valence electrons. The van der Waals surface area contributed by atoms with E-state index in [1.807, 2.05) is 36.4 Å². The van der Waals surface area contributed by atoms with Gasteiger partial charge in [-0.3, -0.25) is 0 Å². The lowest BCUT2D eigenvalue weighted by atomic mass is 10.1. The van der Waals surface area contributed by atoms with Gasteiger partial charge in [0.2, 0.25) is 5.89 Å². The Morgan fingerprint density at radius 2 is 1.96 bits per heavy atom. The van der Waals surface area contributed by atoms with Crippen LogP contribution in [-0.2, 0) is 4.74 Å². The molecule has 1 atom stereocenters. The number of aromatic nitrogens is 2. The minimum absolute atomic E-state index is 0.207. The number of esters is 1. The molecule has 1 aromatic heterocycles. The van der Waals surface area contributed by atoms with E-state index in [-0.39, 0.29) is 5.89 Å². The van der Waals surface area contributed by atoms with Crippen LogP contribution in [0.3, 0.4) is 0 Å². The summed E-state index contributed by atoms with van der Waals surface area (Å²) in [6.45, 7) is 1.65. The first-order valence-electron chi connectivity index (χ1n) is 7.27. The maximum atomic E-state index is 12.2. The van der Waals surface area contributed by atoms with Crippen molar-refractivity contribution in [3.63, 3.8) is 0 Å². The molecule has 3 aromatic rings. The SMILES string of the molecule is C[C@@H](OC(=O)c1cccc(C#N)c1)c1nnc(-c2ccccc2)o1. The van der Waals surface area contributed by atoms with Crippen molar-refractivity contribution in [2.75, 3.05) is 0 Å². The molecule has 6 heteroatoms. The molecule has 0 saturated carbocycles. The van der Waals surface area contributed by atoms with Crippen LogP contribution in [0.1, 0.15) is 34.8 Å². The molecule has 0 aliphatic heterocycles. The summed E-state index contributed by atoms with van der Waals surface area (Å²) < 4.78 is 10.9. The van der Waals surface area contributed by atoms with Crippen LogP contribution < -0.4 is 0 Å². The third-order valence-electron chi connectivity index (χ3n) is 3.32. The Balaban J connectivity index is 1.73. The van der Waals surface area contributed by atoms with Gasteiger partial charge in [0.1, 0.15) is 0 Å². The quantitative estimate of drug-likeness (QED) is 0.683. The maximum Gasteiger partial charge on any atom is 0.338 e. The molecule has 0 bridgehead atoms. The first-order valence-corrected chi connectivity index (χ1v) is 7.27. The van der Waals surface area contributed by atoms with Gasteiger partial charge in [0.25, 0.3) is 5.89 Å². The Hall–Kier alpha value is -3.46. The molecule has 24 heavy (non-hydrogen) atoms. The van der Waals surface area contributed by atoms with Crippen molar-refractivity contribution in [1.82, 2.24) is 10.2 Å². The van der Waals surface area contributed by atoms with Crippen LogP contribution in [0.5, 0.6) is 0 Å². The predicted molar refractivity (Wildman–Crippen MR) is 84.7 cm³/mol. The van der Waals surface area contributed by atoms with Crippen molar-refractivity contribution in [3.05, 3.63) is 71.6 Å². The second kappa shape index (κ2) is 6.75. The van der Waals surface area contributed by atoms with E-state index in [4.69, 9.17) is 14.4 Å². The zero-order valence-corrected chi connectivity index (χ0v) is 12.8. The van der Waals surface area contributed by atoms with Crippen molar-refractivity contribution in [2.24, 2.45) is 0 Å². The summed E-state index contributed by atoms with van der Waals surface area (Å²) in [4.78, 5) is 12.2. The van der Waals surface area contributed by atoms with Gasteiger partial charge in [-0.25, -0.2) is 4.79 Å². The summed E-state index contributed by atoms with van der Waals surface area (Å²) >= 11 is 0. The lowest BCUT2D eigenvalue weighted by molar-refractivity contribution is 0.0280. The van der Waals surface area contributed by atoms with Gasteiger partial charge in [0.15, 0.2) is 6.10 Å². The van der Waals surface area contributed by atoms with Crippen molar-refractivity contribution in [1.29, 1.82) is 5.26 Å². The number of carbonyl (C=O) groups is 1. The zero-order valence-electron chi connectivity index (χ0n) is 12.8. The van der Waals surface area contributed by atoms with Crippen LogP contribution in [-0.4, -0.2) is 16.2 Å². The Kier molecular flexibility index (Phi) is 4.34. The molecule has 0 aliphatic carbocycles. The van der Waals surface area contributed by atoms with Crippen LogP contribution in [0.25, 0.3) is 11.5 Å². The van der Waals surface area contributed by atoms with Crippen LogP contribution in [0.2, 0.25) is 0 Å². The van der Waals surface area contributed by atoms with E-state index in [2.05, 4.69) is 10.2 Å². The lowest BCUT2D eigenvalue weighted by Gasteiger charge is -2.09. The van der Waals surface area contributed by atoms with Gasteiger partial charge >= 0.3 is 5.97 Å². The third-order valence-corrected chi connectivity index (χ3v) is 3.32. The average Bonchev–Trinajstić information content (AvgIpc) is 3.13. The highest BCUT2D eigenvalue weighted by Gasteiger charge is 2.20. The molecule has 0 aliphatic rings. The number of nitrogens with zero attached hydrogens (tertiary/aromatic N) is 3. The van der Waals surface area contributed by atoms with Crippen LogP contribution in [0.15, 0.2) is 59.0 Å². The van der Waals surface area contributed by atoms with Gasteiger partial charge in [-0.1, -0.05) is 24.3 Å². The maximum absolute atomic E-state index is 12.2. The highest BCUT2D eigenvalue weighted by molar-refractivity contribution is 5.89. The molecule has 0 saturated heterocycles. The first-order chi connectivity index (χ1) is 11.7. The van der Waals surface area contributed by atoms with Gasteiger partial charge in [0, 0.05) is 5.56 Å². The highest BCUT2D eigenvalue weighted by Crippen LogP contribution is 2.23. The number of ether oxygens (including phenoxy) is 1. The monoisotopic (exact) mass is 319 g/mol. The predicted octanol–water partition coefficient (Wildman–Crippen LogP) is 3.53. The highest BCUT2D eigenvalue weighted by atomic mass is 16.6. The van der Waals surface area contributed by atoms with Gasteiger partial charge in [-0.15, -0.1) is 10.2 Å². The largest absolute Gasteiger partial charge is 0.449 e. The fourth-order valence-electron chi connectivity index (χ4n) is 2.09. The van der Waals surface area contributed by atoms with Gasteiger partial charge in [-0.2, -0.15) is 5.26 Å².